The molecule has 0 spiro atoms. The number of aromatic nitrogens is 2. The molecule has 1 aromatic carbocycles. The van der Waals surface area contributed by atoms with E-state index in [9.17, 15) is 4.79 Å². The van der Waals surface area contributed by atoms with Crippen LogP contribution in [0.4, 0.5) is 0 Å². The Balaban J connectivity index is 2.15. The summed E-state index contributed by atoms with van der Waals surface area (Å²) in [4.78, 5) is 11.0. The number of carbonyl (C=O) groups is 1. The third-order valence-corrected chi connectivity index (χ3v) is 3.41. The largest absolute Gasteiger partial charge is 0.486 e. The van der Waals surface area contributed by atoms with Crippen molar-refractivity contribution in [2.75, 3.05) is 13.2 Å². The molecular formula is C15H16N2O4. The van der Waals surface area contributed by atoms with Crippen molar-refractivity contribution in [3.63, 3.8) is 0 Å². The number of ether oxygens (including phenoxy) is 2. The van der Waals surface area contributed by atoms with Crippen molar-refractivity contribution >= 4 is 5.97 Å². The van der Waals surface area contributed by atoms with E-state index < -0.39 is 5.97 Å². The van der Waals surface area contributed by atoms with E-state index in [1.54, 1.807) is 0 Å². The van der Waals surface area contributed by atoms with E-state index in [4.69, 9.17) is 14.6 Å². The van der Waals surface area contributed by atoms with E-state index in [1.165, 1.54) is 6.07 Å². The maximum atomic E-state index is 11.0. The zero-order chi connectivity index (χ0) is 15.0. The van der Waals surface area contributed by atoms with Crippen molar-refractivity contribution in [2.24, 2.45) is 0 Å². The lowest BCUT2D eigenvalue weighted by Gasteiger charge is -2.24. The Morgan fingerprint density at radius 2 is 2.10 bits per heavy atom. The number of nitrogens with one attached hydrogen (secondary N) is 1. The Labute approximate surface area is 121 Å². The van der Waals surface area contributed by atoms with Crippen LogP contribution in [0.15, 0.2) is 18.2 Å². The van der Waals surface area contributed by atoms with Gasteiger partial charge in [-0.2, -0.15) is 5.10 Å². The van der Waals surface area contributed by atoms with Crippen LogP contribution in [-0.4, -0.2) is 34.5 Å². The monoisotopic (exact) mass is 288 g/mol. The summed E-state index contributed by atoms with van der Waals surface area (Å²) in [5, 5.41) is 15.6. The van der Waals surface area contributed by atoms with Crippen molar-refractivity contribution in [1.29, 1.82) is 0 Å². The molecule has 6 heteroatoms. The molecule has 3 rings (SSSR count). The van der Waals surface area contributed by atoms with Crippen LogP contribution in [0.1, 0.15) is 35.8 Å². The highest BCUT2D eigenvalue weighted by Crippen LogP contribution is 2.43. The molecule has 0 aliphatic carbocycles. The standard InChI is InChI=1S/C15H16N2O4/c1-8(2)13-9(10-7-11(15(18)19)17-16-10)3-4-12-14(13)21-6-5-20-12/h3-4,7-8H,5-6H2,1-2H3,(H,16,17)(H,18,19). The Kier molecular flexibility index (Phi) is 3.29. The van der Waals surface area contributed by atoms with Gasteiger partial charge in [-0.3, -0.25) is 5.10 Å². The Bertz CT molecular complexity index is 691. The molecule has 6 nitrogen and oxygen atoms in total. The average Bonchev–Trinajstić information content (AvgIpc) is 2.95. The number of carboxylic acids is 1. The normalized spacial score (nSPS) is 13.5. The van der Waals surface area contributed by atoms with Gasteiger partial charge in [0.05, 0.1) is 5.69 Å². The van der Waals surface area contributed by atoms with Crippen molar-refractivity contribution in [1.82, 2.24) is 10.2 Å². The first kappa shape index (κ1) is 13.5. The number of carboxylic acid groups (broad SMARTS) is 1. The minimum Gasteiger partial charge on any atom is -0.486 e. The van der Waals surface area contributed by atoms with Gasteiger partial charge in [0.25, 0.3) is 0 Å². The Morgan fingerprint density at radius 3 is 2.76 bits per heavy atom. The van der Waals surface area contributed by atoms with Crippen molar-refractivity contribution in [2.45, 2.75) is 19.8 Å². The molecule has 0 unspecified atom stereocenters. The fourth-order valence-electron chi connectivity index (χ4n) is 2.50. The number of hydrogen-bond donors (Lipinski definition) is 2. The summed E-state index contributed by atoms with van der Waals surface area (Å²) < 4.78 is 11.4. The first-order valence-corrected chi connectivity index (χ1v) is 6.79. The van der Waals surface area contributed by atoms with Crippen LogP contribution in [0.25, 0.3) is 11.3 Å². The number of aromatic carboxylic acids is 1. The number of fused-ring (bicyclic) bond motifs is 1. The summed E-state index contributed by atoms with van der Waals surface area (Å²) in [6.07, 6.45) is 0. The second-order valence-corrected chi connectivity index (χ2v) is 5.18. The lowest BCUT2D eigenvalue weighted by Crippen LogP contribution is -2.17. The molecule has 0 radical (unpaired) electrons. The lowest BCUT2D eigenvalue weighted by atomic mass is 9.93. The quantitative estimate of drug-likeness (QED) is 0.907. The Hall–Kier alpha value is -2.50. The summed E-state index contributed by atoms with van der Waals surface area (Å²) in [6.45, 7) is 5.16. The number of rotatable bonds is 3. The molecule has 0 amide bonds. The summed E-state index contributed by atoms with van der Waals surface area (Å²) in [5.41, 5.74) is 2.50. The van der Waals surface area contributed by atoms with Crippen molar-refractivity contribution < 1.29 is 19.4 Å². The summed E-state index contributed by atoms with van der Waals surface area (Å²) in [7, 11) is 0. The minimum absolute atomic E-state index is 0.0644. The highest BCUT2D eigenvalue weighted by Gasteiger charge is 2.23. The predicted octanol–water partition coefficient (Wildman–Crippen LogP) is 2.67. The third kappa shape index (κ3) is 2.33. The molecular weight excluding hydrogens is 272 g/mol. The zero-order valence-electron chi connectivity index (χ0n) is 11.8. The van der Waals surface area contributed by atoms with Gasteiger partial charge in [-0.25, -0.2) is 4.79 Å². The van der Waals surface area contributed by atoms with Gasteiger partial charge >= 0.3 is 5.97 Å². The number of aromatic amines is 1. The van der Waals surface area contributed by atoms with Crippen LogP contribution in [-0.2, 0) is 0 Å². The summed E-state index contributed by atoms with van der Waals surface area (Å²) in [6, 6.07) is 5.26. The number of hydrogen-bond acceptors (Lipinski definition) is 4. The van der Waals surface area contributed by atoms with Crippen LogP contribution in [0.2, 0.25) is 0 Å². The van der Waals surface area contributed by atoms with Gasteiger partial charge in [-0.05, 0) is 24.1 Å². The third-order valence-electron chi connectivity index (χ3n) is 3.41. The fraction of sp³-hybridized carbons (Fsp3) is 0.333. The molecule has 2 heterocycles. The van der Waals surface area contributed by atoms with Crippen LogP contribution in [0.5, 0.6) is 11.5 Å². The van der Waals surface area contributed by atoms with Crippen LogP contribution < -0.4 is 9.47 Å². The molecule has 0 bridgehead atoms. The summed E-state index contributed by atoms with van der Waals surface area (Å²) in [5.74, 6) is 0.621. The molecule has 0 atom stereocenters. The molecule has 1 aliphatic rings. The second kappa shape index (κ2) is 5.12. The second-order valence-electron chi connectivity index (χ2n) is 5.18. The van der Waals surface area contributed by atoms with E-state index in [2.05, 4.69) is 24.0 Å². The minimum atomic E-state index is -1.03. The molecule has 2 aromatic rings. The van der Waals surface area contributed by atoms with E-state index >= 15 is 0 Å². The topological polar surface area (TPSA) is 84.4 Å². The van der Waals surface area contributed by atoms with Gasteiger partial charge in [0.2, 0.25) is 0 Å². The first-order valence-electron chi connectivity index (χ1n) is 6.79. The zero-order valence-corrected chi connectivity index (χ0v) is 11.8. The fourth-order valence-corrected chi connectivity index (χ4v) is 2.50. The molecule has 110 valence electrons. The highest BCUT2D eigenvalue weighted by molar-refractivity contribution is 5.87. The van der Waals surface area contributed by atoms with Crippen molar-refractivity contribution in [3.8, 4) is 22.8 Å². The molecule has 0 saturated heterocycles. The smallest absolute Gasteiger partial charge is 0.353 e. The average molecular weight is 288 g/mol. The molecule has 0 fully saturated rings. The van der Waals surface area contributed by atoms with Gasteiger partial charge in [-0.15, -0.1) is 0 Å². The van der Waals surface area contributed by atoms with Gasteiger partial charge in [0.15, 0.2) is 11.5 Å². The SMILES string of the molecule is CC(C)c1c(-c2cc(C(=O)O)[nH]n2)ccc2c1OCCO2. The van der Waals surface area contributed by atoms with Crippen LogP contribution in [0, 0.1) is 0 Å². The van der Waals surface area contributed by atoms with Gasteiger partial charge < -0.3 is 14.6 Å². The predicted molar refractivity (Wildman–Crippen MR) is 76.1 cm³/mol. The van der Waals surface area contributed by atoms with Crippen molar-refractivity contribution in [3.05, 3.63) is 29.5 Å². The summed E-state index contributed by atoms with van der Waals surface area (Å²) >= 11 is 0. The van der Waals surface area contributed by atoms with Gasteiger partial charge in [-0.1, -0.05) is 13.8 Å². The van der Waals surface area contributed by atoms with E-state index in [1.807, 2.05) is 12.1 Å². The maximum Gasteiger partial charge on any atom is 0.353 e. The lowest BCUT2D eigenvalue weighted by molar-refractivity contribution is 0.0690. The maximum absolute atomic E-state index is 11.0. The van der Waals surface area contributed by atoms with Gasteiger partial charge in [0, 0.05) is 11.1 Å². The van der Waals surface area contributed by atoms with Crippen LogP contribution >= 0.6 is 0 Å². The Morgan fingerprint density at radius 1 is 1.33 bits per heavy atom. The number of benzene rings is 1. The highest BCUT2D eigenvalue weighted by atomic mass is 16.6. The molecule has 2 N–H and O–H groups in total. The van der Waals surface area contributed by atoms with E-state index in [0.717, 1.165) is 22.6 Å². The van der Waals surface area contributed by atoms with E-state index in [0.29, 0.717) is 18.9 Å². The molecule has 21 heavy (non-hydrogen) atoms. The molecule has 0 saturated carbocycles. The number of nitrogens with zero attached hydrogens (tertiary/aromatic N) is 1. The molecule has 1 aliphatic heterocycles. The number of H-pyrrole nitrogens is 1. The first-order chi connectivity index (χ1) is 10.1. The van der Waals surface area contributed by atoms with Crippen LogP contribution in [0.3, 0.4) is 0 Å². The van der Waals surface area contributed by atoms with E-state index in [-0.39, 0.29) is 11.6 Å². The molecule has 1 aromatic heterocycles. The van der Waals surface area contributed by atoms with Gasteiger partial charge in [0.1, 0.15) is 18.9 Å².